The SMILES string of the molecule is Cc1ccccc1CSCCCC(C)(C#N)NC1CC1. The first-order chi connectivity index (χ1) is 9.63. The third-order valence-corrected chi connectivity index (χ3v) is 4.92. The molecule has 0 amide bonds. The van der Waals surface area contributed by atoms with E-state index in [1.54, 1.807) is 0 Å². The third-order valence-electron chi connectivity index (χ3n) is 3.83. The van der Waals surface area contributed by atoms with E-state index in [0.717, 1.165) is 24.3 Å². The summed E-state index contributed by atoms with van der Waals surface area (Å²) in [6, 6.07) is 11.6. The van der Waals surface area contributed by atoms with Crippen molar-refractivity contribution in [3.63, 3.8) is 0 Å². The summed E-state index contributed by atoms with van der Waals surface area (Å²) in [6.45, 7) is 4.21. The minimum Gasteiger partial charge on any atom is -0.297 e. The van der Waals surface area contributed by atoms with Crippen LogP contribution in [0.1, 0.15) is 43.7 Å². The molecule has 1 aliphatic carbocycles. The Bertz CT molecular complexity index is 476. The van der Waals surface area contributed by atoms with Crippen LogP contribution >= 0.6 is 11.8 Å². The van der Waals surface area contributed by atoms with E-state index < -0.39 is 0 Å². The molecule has 1 N–H and O–H groups in total. The van der Waals surface area contributed by atoms with Crippen molar-refractivity contribution in [2.45, 2.75) is 56.9 Å². The predicted molar refractivity (Wildman–Crippen MR) is 86.8 cm³/mol. The second kappa shape index (κ2) is 7.15. The van der Waals surface area contributed by atoms with Gasteiger partial charge in [0, 0.05) is 11.8 Å². The molecule has 20 heavy (non-hydrogen) atoms. The second-order valence-electron chi connectivity index (χ2n) is 5.95. The zero-order valence-electron chi connectivity index (χ0n) is 12.5. The van der Waals surface area contributed by atoms with Gasteiger partial charge in [-0.3, -0.25) is 5.32 Å². The van der Waals surface area contributed by atoms with Crippen molar-refractivity contribution in [1.29, 1.82) is 5.26 Å². The maximum Gasteiger partial charge on any atom is 0.104 e. The molecular weight excluding hydrogens is 264 g/mol. The molecule has 0 spiro atoms. The van der Waals surface area contributed by atoms with E-state index in [9.17, 15) is 5.26 Å². The lowest BCUT2D eigenvalue weighted by atomic mass is 9.98. The summed E-state index contributed by atoms with van der Waals surface area (Å²) >= 11 is 1.97. The van der Waals surface area contributed by atoms with Crippen molar-refractivity contribution < 1.29 is 0 Å². The molecule has 1 aliphatic rings. The van der Waals surface area contributed by atoms with Crippen molar-refractivity contribution in [2.75, 3.05) is 5.75 Å². The van der Waals surface area contributed by atoms with Gasteiger partial charge in [0.1, 0.15) is 5.54 Å². The standard InChI is InChI=1S/C17H24N2S/c1-14-6-3-4-7-15(14)12-20-11-5-10-17(2,13-18)19-16-8-9-16/h3-4,6-7,16,19H,5,8-12H2,1-2H3. The number of rotatable bonds is 8. The van der Waals surface area contributed by atoms with E-state index in [4.69, 9.17) is 0 Å². The summed E-state index contributed by atoms with van der Waals surface area (Å²) in [7, 11) is 0. The first-order valence-corrected chi connectivity index (χ1v) is 8.60. The summed E-state index contributed by atoms with van der Waals surface area (Å²) in [5, 5.41) is 12.8. The van der Waals surface area contributed by atoms with Gasteiger partial charge in [0.15, 0.2) is 0 Å². The van der Waals surface area contributed by atoms with Crippen LogP contribution in [-0.4, -0.2) is 17.3 Å². The Hall–Kier alpha value is -0.980. The van der Waals surface area contributed by atoms with Crippen molar-refractivity contribution in [3.8, 4) is 6.07 Å². The number of hydrogen-bond acceptors (Lipinski definition) is 3. The molecular formula is C17H24N2S. The minimum absolute atomic E-state index is 0.329. The van der Waals surface area contributed by atoms with Crippen LogP contribution in [0.3, 0.4) is 0 Å². The number of benzene rings is 1. The second-order valence-corrected chi connectivity index (χ2v) is 7.05. The molecule has 1 aromatic rings. The van der Waals surface area contributed by atoms with Crippen LogP contribution in [0.4, 0.5) is 0 Å². The summed E-state index contributed by atoms with van der Waals surface area (Å²) < 4.78 is 0. The molecule has 0 radical (unpaired) electrons. The zero-order chi connectivity index (χ0) is 14.4. The molecule has 0 heterocycles. The molecule has 1 aromatic carbocycles. The van der Waals surface area contributed by atoms with Gasteiger partial charge < -0.3 is 0 Å². The van der Waals surface area contributed by atoms with Crippen molar-refractivity contribution in [3.05, 3.63) is 35.4 Å². The maximum atomic E-state index is 9.31. The lowest BCUT2D eigenvalue weighted by molar-refractivity contribution is 0.412. The molecule has 0 aliphatic heterocycles. The van der Waals surface area contributed by atoms with Crippen LogP contribution in [-0.2, 0) is 5.75 Å². The van der Waals surface area contributed by atoms with Crippen LogP contribution in [0.25, 0.3) is 0 Å². The van der Waals surface area contributed by atoms with Gasteiger partial charge >= 0.3 is 0 Å². The lowest BCUT2D eigenvalue weighted by Gasteiger charge is -2.23. The Morgan fingerprint density at radius 3 is 2.80 bits per heavy atom. The fourth-order valence-electron chi connectivity index (χ4n) is 2.32. The quantitative estimate of drug-likeness (QED) is 0.733. The highest BCUT2D eigenvalue weighted by atomic mass is 32.2. The fraction of sp³-hybridized carbons (Fsp3) is 0.588. The summed E-state index contributed by atoms with van der Waals surface area (Å²) in [4.78, 5) is 0. The lowest BCUT2D eigenvalue weighted by Crippen LogP contribution is -2.42. The predicted octanol–water partition coefficient (Wildman–Crippen LogP) is 4.04. The van der Waals surface area contributed by atoms with Crippen molar-refractivity contribution >= 4 is 11.8 Å². The molecule has 108 valence electrons. The molecule has 0 bridgehead atoms. The average molecular weight is 288 g/mol. The fourth-order valence-corrected chi connectivity index (χ4v) is 3.36. The smallest absolute Gasteiger partial charge is 0.104 e. The van der Waals surface area contributed by atoms with Gasteiger partial charge in [0.2, 0.25) is 0 Å². The minimum atomic E-state index is -0.329. The van der Waals surface area contributed by atoms with E-state index in [-0.39, 0.29) is 5.54 Å². The van der Waals surface area contributed by atoms with Crippen LogP contribution in [0, 0.1) is 18.3 Å². The van der Waals surface area contributed by atoms with Gasteiger partial charge in [-0.25, -0.2) is 0 Å². The first-order valence-electron chi connectivity index (χ1n) is 7.44. The number of hydrogen-bond donors (Lipinski definition) is 1. The molecule has 3 heteroatoms. The third kappa shape index (κ3) is 4.85. The summed E-state index contributed by atoms with van der Waals surface area (Å²) in [5.41, 5.74) is 2.47. The van der Waals surface area contributed by atoms with Gasteiger partial charge in [-0.1, -0.05) is 24.3 Å². The monoisotopic (exact) mass is 288 g/mol. The summed E-state index contributed by atoms with van der Waals surface area (Å²) in [5.74, 6) is 2.20. The first kappa shape index (κ1) is 15.4. The molecule has 2 nitrogen and oxygen atoms in total. The normalized spacial score (nSPS) is 17.4. The topological polar surface area (TPSA) is 35.8 Å². The van der Waals surface area contributed by atoms with E-state index in [0.29, 0.717) is 6.04 Å². The summed E-state index contributed by atoms with van der Waals surface area (Å²) in [6.07, 6.45) is 4.51. The van der Waals surface area contributed by atoms with Gasteiger partial charge in [-0.05, 0) is 56.4 Å². The van der Waals surface area contributed by atoms with Crippen LogP contribution in [0.15, 0.2) is 24.3 Å². The number of nitrogens with one attached hydrogen (secondary N) is 1. The van der Waals surface area contributed by atoms with E-state index in [2.05, 4.69) is 42.6 Å². The highest BCUT2D eigenvalue weighted by Crippen LogP contribution is 2.25. The van der Waals surface area contributed by atoms with Crippen LogP contribution < -0.4 is 5.32 Å². The number of nitriles is 1. The Labute approximate surface area is 127 Å². The molecule has 1 unspecified atom stereocenters. The Balaban J connectivity index is 1.66. The highest BCUT2D eigenvalue weighted by molar-refractivity contribution is 7.98. The Kier molecular flexibility index (Phi) is 5.51. The van der Waals surface area contributed by atoms with Gasteiger partial charge in [-0.15, -0.1) is 0 Å². The van der Waals surface area contributed by atoms with E-state index >= 15 is 0 Å². The van der Waals surface area contributed by atoms with Gasteiger partial charge in [-0.2, -0.15) is 17.0 Å². The van der Waals surface area contributed by atoms with E-state index in [1.807, 2.05) is 18.7 Å². The molecule has 0 aromatic heterocycles. The van der Waals surface area contributed by atoms with Crippen molar-refractivity contribution in [2.24, 2.45) is 0 Å². The number of thioether (sulfide) groups is 1. The molecule has 1 saturated carbocycles. The van der Waals surface area contributed by atoms with Crippen molar-refractivity contribution in [1.82, 2.24) is 5.32 Å². The van der Waals surface area contributed by atoms with Gasteiger partial charge in [0.05, 0.1) is 6.07 Å². The largest absolute Gasteiger partial charge is 0.297 e. The highest BCUT2D eigenvalue weighted by Gasteiger charge is 2.31. The maximum absolute atomic E-state index is 9.31. The molecule has 1 fully saturated rings. The number of aryl methyl sites for hydroxylation is 1. The van der Waals surface area contributed by atoms with Gasteiger partial charge in [0.25, 0.3) is 0 Å². The number of nitrogens with zero attached hydrogens (tertiary/aromatic N) is 1. The average Bonchev–Trinajstić information content (AvgIpc) is 3.24. The molecule has 2 rings (SSSR count). The Morgan fingerprint density at radius 1 is 1.40 bits per heavy atom. The van der Waals surface area contributed by atoms with Crippen LogP contribution in [0.2, 0.25) is 0 Å². The zero-order valence-corrected chi connectivity index (χ0v) is 13.3. The Morgan fingerprint density at radius 2 is 2.15 bits per heavy atom. The molecule has 1 atom stereocenters. The van der Waals surface area contributed by atoms with Crippen LogP contribution in [0.5, 0.6) is 0 Å². The molecule has 0 saturated heterocycles. The van der Waals surface area contributed by atoms with E-state index in [1.165, 1.54) is 24.0 Å².